The molecule has 0 bridgehead atoms. The number of nitrogens with one attached hydrogen (secondary N) is 2. The van der Waals surface area contributed by atoms with Crippen LogP contribution in [0.4, 0.5) is 33.3 Å². The molecular weight excluding hydrogens is 1220 g/mol. The van der Waals surface area contributed by atoms with E-state index in [4.69, 9.17) is 54.1 Å². The number of ether oxygens (including phenoxy) is 1. The SMILES string of the molecule is CCc1cccc(C)c1N(C(=O)CCl)C(C)COC.CS(=O)(=O)c1cc(C(F)(F)F)ccc1C(=O)c1cnoc1C1CC1.C[S+](C)C.Cc1nn(-c2cc(NS(C)(=O)=O)c(Cl)cc2Cl)c(=O)n1C(F)F.O=C(O)CNCP(=O)([O-])O. The van der Waals surface area contributed by atoms with Crippen LogP contribution in [-0.2, 0) is 62.2 Å². The molecular formula is C47H60Cl3F5N7O14PS3. The predicted molar refractivity (Wildman–Crippen MR) is 294 cm³/mol. The lowest BCUT2D eigenvalue weighted by Crippen LogP contribution is -2.43. The minimum Gasteiger partial charge on any atom is -0.778 e. The number of sulfonamides is 1. The number of ketones is 1. The van der Waals surface area contributed by atoms with Crippen molar-refractivity contribution in [1.82, 2.24) is 24.8 Å². The average molecular weight is 1280 g/mol. The number of amides is 1. The number of carboxylic acid groups (broad SMARTS) is 1. The smallest absolute Gasteiger partial charge is 0.416 e. The molecule has 1 aliphatic rings. The van der Waals surface area contributed by atoms with Crippen LogP contribution in [0.3, 0.4) is 0 Å². The Kier molecular flexibility index (Phi) is 27.5. The maximum atomic E-state index is 12.8. The summed E-state index contributed by atoms with van der Waals surface area (Å²) in [5.41, 5.74) is 0.568. The van der Waals surface area contributed by atoms with E-state index >= 15 is 0 Å². The summed E-state index contributed by atoms with van der Waals surface area (Å²) in [7, 11) is -9.76. The van der Waals surface area contributed by atoms with Crippen LogP contribution in [0.15, 0.2) is 68.9 Å². The van der Waals surface area contributed by atoms with E-state index < -0.39 is 80.9 Å². The van der Waals surface area contributed by atoms with Gasteiger partial charge in [-0.1, -0.05) is 53.5 Å². The molecule has 0 spiro atoms. The number of carboxylic acids is 1. The monoisotopic (exact) mass is 1270 g/mol. The largest absolute Gasteiger partial charge is 0.778 e. The van der Waals surface area contributed by atoms with Gasteiger partial charge in [-0.3, -0.25) is 24.4 Å². The minimum absolute atomic E-state index is 0.0223. The molecule has 1 saturated carbocycles. The average Bonchev–Trinajstić information content (AvgIpc) is 3.97. The maximum Gasteiger partial charge on any atom is 0.416 e. The van der Waals surface area contributed by atoms with E-state index in [-0.39, 0.29) is 66.7 Å². The Morgan fingerprint density at radius 2 is 1.62 bits per heavy atom. The molecule has 0 aliphatic heterocycles. The number of sulfone groups is 1. The number of hydrogen-bond acceptors (Lipinski definition) is 15. The fourth-order valence-corrected chi connectivity index (χ4v) is 9.42. The Bertz CT molecular complexity index is 3280. The molecule has 1 amide bonds. The molecule has 80 heavy (non-hydrogen) atoms. The second kappa shape index (κ2) is 30.9. The normalized spacial score (nSPS) is 13.5. The standard InChI is InChI=1S/C15H22ClNO2.C15H12F3NO4S.C11H10Cl2F2N4O3S.C3H8NO5P.C3H9S/c1-5-13-8-6-7-11(2)15(13)17(14(18)9-16)12(3)10-19-4;1-24(21,22)12-6-9(15(16,17)18)4-5-10(12)13(20)11-7-19-23-14(11)8-2-3-8;1-5-16-19(11(20)18(5)10(14)15)9-4-8(17-23(2,21)22)6(12)3-7(9)13;5-3(6)1-4-2-10(7,8)9;1-4(2)3/h6-8,12H,5,9-10H2,1-4H3;4-8H,2-3H2,1H3;3-4,10,17H,1-2H3;4H,1-2H2,(H,5,6)(H2,7,8,9);1-3H3/q;;;;+1/p-1. The van der Waals surface area contributed by atoms with Crippen molar-refractivity contribution in [3.8, 4) is 5.69 Å². The number of anilines is 2. The van der Waals surface area contributed by atoms with Crippen molar-refractivity contribution in [2.45, 2.75) is 76.5 Å². The second-order valence-electron chi connectivity index (χ2n) is 17.7. The first-order chi connectivity index (χ1) is 36.8. The van der Waals surface area contributed by atoms with Crippen LogP contribution in [0.1, 0.15) is 83.4 Å². The molecule has 446 valence electrons. The van der Waals surface area contributed by atoms with Crippen LogP contribution in [0, 0.1) is 13.8 Å². The molecule has 21 nitrogen and oxygen atoms in total. The van der Waals surface area contributed by atoms with Crippen molar-refractivity contribution < 1.29 is 81.9 Å². The van der Waals surface area contributed by atoms with Gasteiger partial charge in [0.15, 0.2) is 21.4 Å². The van der Waals surface area contributed by atoms with Crippen LogP contribution < -0.4 is 25.5 Å². The third-order valence-electron chi connectivity index (χ3n) is 10.2. The number of nitrogens with zero attached hydrogens (tertiary/aromatic N) is 5. The van der Waals surface area contributed by atoms with E-state index in [1.54, 1.807) is 12.0 Å². The van der Waals surface area contributed by atoms with Crippen LogP contribution in [0.5, 0.6) is 0 Å². The van der Waals surface area contributed by atoms with E-state index in [0.29, 0.717) is 40.1 Å². The van der Waals surface area contributed by atoms with Gasteiger partial charge in [-0.05, 0) is 92.4 Å². The number of para-hydroxylation sites is 1. The van der Waals surface area contributed by atoms with Crippen LogP contribution >= 0.6 is 42.4 Å². The van der Waals surface area contributed by atoms with Gasteiger partial charge in [-0.15, -0.1) is 16.7 Å². The first-order valence-corrected chi connectivity index (χ1v) is 32.3. The minimum atomic E-state index is -4.71. The summed E-state index contributed by atoms with van der Waals surface area (Å²) in [4.78, 5) is 65.7. The van der Waals surface area contributed by atoms with E-state index in [1.807, 2.05) is 31.3 Å². The molecule has 1 fully saturated rings. The number of aliphatic carboxylic acids is 1. The van der Waals surface area contributed by atoms with Gasteiger partial charge in [0, 0.05) is 24.8 Å². The fourth-order valence-electron chi connectivity index (χ4n) is 6.86. The quantitative estimate of drug-likeness (QED) is 0.0218. The van der Waals surface area contributed by atoms with Crippen LogP contribution in [0.25, 0.3) is 5.69 Å². The maximum absolute atomic E-state index is 12.8. The first-order valence-electron chi connectivity index (χ1n) is 23.1. The van der Waals surface area contributed by atoms with Gasteiger partial charge in [0.05, 0.1) is 99.8 Å². The lowest BCUT2D eigenvalue weighted by molar-refractivity contribution is -0.193. The molecule has 3 aromatic carbocycles. The molecule has 1 aliphatic carbocycles. The Morgan fingerprint density at radius 1 is 1.02 bits per heavy atom. The Morgan fingerprint density at radius 3 is 2.09 bits per heavy atom. The first kappa shape index (κ1) is 71.2. The zero-order valence-electron chi connectivity index (χ0n) is 44.6. The highest BCUT2D eigenvalue weighted by molar-refractivity contribution is 7.94. The van der Waals surface area contributed by atoms with Gasteiger partial charge < -0.3 is 33.6 Å². The Hall–Kier alpha value is -4.94. The molecule has 33 heteroatoms. The van der Waals surface area contributed by atoms with Gasteiger partial charge in [0.25, 0.3) is 0 Å². The van der Waals surface area contributed by atoms with Crippen molar-refractivity contribution in [1.29, 1.82) is 0 Å². The summed E-state index contributed by atoms with van der Waals surface area (Å²) in [6.45, 7) is 4.23. The third-order valence-corrected chi connectivity index (χ3v) is 13.4. The zero-order chi connectivity index (χ0) is 61.4. The highest BCUT2D eigenvalue weighted by Gasteiger charge is 2.36. The van der Waals surface area contributed by atoms with Crippen molar-refractivity contribution >= 4 is 102 Å². The number of methoxy groups -OCH3 is 1. The highest BCUT2D eigenvalue weighted by atomic mass is 35.5. The van der Waals surface area contributed by atoms with E-state index in [2.05, 4.69) is 46.7 Å². The van der Waals surface area contributed by atoms with E-state index in [0.717, 1.165) is 60.7 Å². The van der Waals surface area contributed by atoms with Gasteiger partial charge in [0.2, 0.25) is 15.9 Å². The van der Waals surface area contributed by atoms with Crippen molar-refractivity contribution in [2.75, 3.05) is 73.3 Å². The van der Waals surface area contributed by atoms with Gasteiger partial charge >= 0.3 is 24.4 Å². The molecule has 0 saturated heterocycles. The molecule has 6 rings (SSSR count). The molecule has 2 unspecified atom stereocenters. The second-order valence-corrected chi connectivity index (χ2v) is 26.6. The zero-order valence-corrected chi connectivity index (χ0v) is 50.2. The summed E-state index contributed by atoms with van der Waals surface area (Å²) >= 11 is 17.6. The molecule has 4 N–H and O–H groups in total. The van der Waals surface area contributed by atoms with E-state index in [1.165, 1.54) is 19.2 Å². The number of alkyl halides is 6. The summed E-state index contributed by atoms with van der Waals surface area (Å²) < 4.78 is 134. The summed E-state index contributed by atoms with van der Waals surface area (Å²) in [5.74, 6) is -1.84. The van der Waals surface area contributed by atoms with Crippen molar-refractivity contribution in [3.05, 3.63) is 115 Å². The lowest BCUT2D eigenvalue weighted by Gasteiger charge is -2.31. The number of aryl methyl sites for hydroxylation is 3. The van der Waals surface area contributed by atoms with Crippen molar-refractivity contribution in [2.24, 2.45) is 0 Å². The van der Waals surface area contributed by atoms with Crippen LogP contribution in [-0.4, -0.2) is 134 Å². The lowest BCUT2D eigenvalue weighted by atomic mass is 10.0. The number of benzene rings is 3. The predicted octanol–water partition coefficient (Wildman–Crippen LogP) is 7.44. The fraction of sp³-hybridized carbons (Fsp3) is 0.447. The number of carbonyl (C=O) groups excluding carboxylic acids is 2. The van der Waals surface area contributed by atoms with Gasteiger partial charge in [-0.2, -0.15) is 26.6 Å². The number of hydrogen-bond donors (Lipinski definition) is 4. The summed E-state index contributed by atoms with van der Waals surface area (Å²) in [5, 5.41) is 17.2. The third kappa shape index (κ3) is 22.4. The Labute approximate surface area is 476 Å². The summed E-state index contributed by atoms with van der Waals surface area (Å²) in [6.07, 6.45) is 6.51. The molecule has 0 radical (unpaired) electrons. The number of halogens is 8. The molecule has 5 aromatic rings. The van der Waals surface area contributed by atoms with Gasteiger partial charge in [0.1, 0.15) is 19.3 Å². The van der Waals surface area contributed by atoms with E-state index in [9.17, 15) is 67.4 Å². The van der Waals surface area contributed by atoms with Crippen molar-refractivity contribution in [3.63, 3.8) is 0 Å². The number of carbonyl (C=O) groups is 3. The summed E-state index contributed by atoms with van der Waals surface area (Å²) in [6, 6.07) is 10.4. The highest BCUT2D eigenvalue weighted by Crippen LogP contribution is 2.42. The molecule has 2 atom stereocenters. The van der Waals surface area contributed by atoms with Gasteiger partial charge in [-0.25, -0.2) is 26.2 Å². The van der Waals surface area contributed by atoms with Crippen LogP contribution in [0.2, 0.25) is 10.0 Å². The number of rotatable bonds is 18. The number of aromatic nitrogens is 4. The topological polar surface area (TPSA) is 302 Å². The molecule has 2 aromatic heterocycles. The Balaban J connectivity index is 0.000000369. The molecule has 2 heterocycles.